The zero-order valence-corrected chi connectivity index (χ0v) is 19.6. The van der Waals surface area contributed by atoms with E-state index in [1.165, 1.54) is 6.33 Å². The third kappa shape index (κ3) is 4.12. The lowest BCUT2D eigenvalue weighted by molar-refractivity contribution is -0.119. The van der Waals surface area contributed by atoms with Gasteiger partial charge in [-0.1, -0.05) is 6.07 Å². The Hall–Kier alpha value is -3.21. The summed E-state index contributed by atoms with van der Waals surface area (Å²) in [5.74, 6) is 1.05. The topological polar surface area (TPSA) is 115 Å². The van der Waals surface area contributed by atoms with Gasteiger partial charge in [0.2, 0.25) is 5.91 Å². The normalized spacial score (nSPS) is 15.5. The number of nitrogens with two attached hydrogens (primary N) is 2. The summed E-state index contributed by atoms with van der Waals surface area (Å²) in [6.45, 7) is 6.45. The highest BCUT2D eigenvalue weighted by Crippen LogP contribution is 2.42. The molecule has 0 bridgehead atoms. The number of ether oxygens (including phenoxy) is 1. The summed E-state index contributed by atoms with van der Waals surface area (Å²) in [4.78, 5) is 21.0. The molecule has 4 heterocycles. The van der Waals surface area contributed by atoms with Crippen LogP contribution < -0.4 is 16.2 Å². The molecule has 1 aliphatic heterocycles. The molecule has 3 aromatic heterocycles. The standard InChI is InChI=1S/C23H27N7O2S/c1-14-7-15-9-19(33-22(15)18(8-14)32-2)17-10-16(30-21(17)23(25)26-13-27-30)11-28-3-5-29(6-4-28)12-20(24)31/h7-10,13H,3-6,11-12H2,1-2H3,(H2,24,31)(H2,25,26,27). The number of primary amides is 1. The van der Waals surface area contributed by atoms with Crippen LogP contribution in [0.5, 0.6) is 5.75 Å². The lowest BCUT2D eigenvalue weighted by Gasteiger charge is -2.33. The molecule has 0 atom stereocenters. The Morgan fingerprint density at radius 3 is 2.64 bits per heavy atom. The maximum Gasteiger partial charge on any atom is 0.231 e. The second-order valence-corrected chi connectivity index (χ2v) is 9.52. The number of fused-ring (bicyclic) bond motifs is 2. The highest BCUT2D eigenvalue weighted by Gasteiger charge is 2.22. The summed E-state index contributed by atoms with van der Waals surface area (Å²) in [5, 5.41) is 5.66. The average Bonchev–Trinajstić information content (AvgIpc) is 3.36. The largest absolute Gasteiger partial charge is 0.495 e. The van der Waals surface area contributed by atoms with Crippen molar-refractivity contribution in [2.45, 2.75) is 13.5 Å². The van der Waals surface area contributed by atoms with E-state index in [1.54, 1.807) is 18.4 Å². The number of methoxy groups -OCH3 is 1. The van der Waals surface area contributed by atoms with Gasteiger partial charge in [0.15, 0.2) is 5.82 Å². The first-order valence-corrected chi connectivity index (χ1v) is 11.7. The summed E-state index contributed by atoms with van der Waals surface area (Å²) in [5.41, 5.74) is 15.7. The van der Waals surface area contributed by atoms with E-state index in [1.807, 2.05) is 4.52 Å². The number of benzene rings is 1. The summed E-state index contributed by atoms with van der Waals surface area (Å²) >= 11 is 1.69. The van der Waals surface area contributed by atoms with Gasteiger partial charge in [0.1, 0.15) is 17.6 Å². The van der Waals surface area contributed by atoms with Crippen LogP contribution in [0.2, 0.25) is 0 Å². The second-order valence-electron chi connectivity index (χ2n) is 8.47. The molecule has 4 N–H and O–H groups in total. The Balaban J connectivity index is 1.50. The van der Waals surface area contributed by atoms with Gasteiger partial charge in [0.25, 0.3) is 0 Å². The van der Waals surface area contributed by atoms with Crippen molar-refractivity contribution >= 4 is 38.7 Å². The van der Waals surface area contributed by atoms with Gasteiger partial charge in [0.05, 0.1) is 24.0 Å². The Labute approximate surface area is 195 Å². The fraction of sp³-hybridized carbons (Fsp3) is 0.348. The molecule has 5 rings (SSSR count). The van der Waals surface area contributed by atoms with Crippen molar-refractivity contribution < 1.29 is 9.53 Å². The van der Waals surface area contributed by atoms with Crippen molar-refractivity contribution in [2.24, 2.45) is 5.73 Å². The maximum absolute atomic E-state index is 11.2. The van der Waals surface area contributed by atoms with Gasteiger partial charge < -0.3 is 16.2 Å². The van der Waals surface area contributed by atoms with Crippen LogP contribution in [-0.4, -0.2) is 70.1 Å². The number of nitrogen functional groups attached to an aromatic ring is 1. The zero-order chi connectivity index (χ0) is 23.1. The molecule has 10 heteroatoms. The number of rotatable bonds is 6. The molecule has 9 nitrogen and oxygen atoms in total. The minimum Gasteiger partial charge on any atom is -0.495 e. The van der Waals surface area contributed by atoms with Crippen LogP contribution in [0.1, 0.15) is 11.3 Å². The number of piperazine rings is 1. The zero-order valence-electron chi connectivity index (χ0n) is 18.7. The van der Waals surface area contributed by atoms with Crippen LogP contribution in [0, 0.1) is 6.92 Å². The van der Waals surface area contributed by atoms with Crippen molar-refractivity contribution in [3.8, 4) is 16.2 Å². The van der Waals surface area contributed by atoms with E-state index in [0.717, 1.165) is 75.8 Å². The molecule has 33 heavy (non-hydrogen) atoms. The Kier molecular flexibility index (Phi) is 5.65. The number of aromatic nitrogens is 3. The van der Waals surface area contributed by atoms with E-state index in [9.17, 15) is 4.79 Å². The lowest BCUT2D eigenvalue weighted by atomic mass is 10.1. The van der Waals surface area contributed by atoms with Crippen molar-refractivity contribution in [3.63, 3.8) is 0 Å². The predicted molar refractivity (Wildman–Crippen MR) is 130 cm³/mol. The number of carbonyl (C=O) groups excluding carboxylic acids is 1. The molecule has 172 valence electrons. The van der Waals surface area contributed by atoms with Crippen LogP contribution in [0.15, 0.2) is 30.6 Å². The van der Waals surface area contributed by atoms with E-state index < -0.39 is 0 Å². The van der Waals surface area contributed by atoms with Crippen molar-refractivity contribution in [1.29, 1.82) is 0 Å². The molecular formula is C23H27N7O2S. The van der Waals surface area contributed by atoms with Gasteiger partial charge >= 0.3 is 0 Å². The lowest BCUT2D eigenvalue weighted by Crippen LogP contribution is -2.48. The summed E-state index contributed by atoms with van der Waals surface area (Å²) in [6, 6.07) is 8.58. The number of hydrogen-bond donors (Lipinski definition) is 2. The van der Waals surface area contributed by atoms with Crippen molar-refractivity contribution in [3.05, 3.63) is 41.9 Å². The van der Waals surface area contributed by atoms with Crippen LogP contribution in [0.25, 0.3) is 26.0 Å². The van der Waals surface area contributed by atoms with Crippen LogP contribution >= 0.6 is 11.3 Å². The van der Waals surface area contributed by atoms with Gasteiger partial charge in [-0.25, -0.2) is 9.50 Å². The van der Waals surface area contributed by atoms with Gasteiger partial charge in [-0.05, 0) is 36.1 Å². The molecular weight excluding hydrogens is 438 g/mol. The molecule has 0 unspecified atom stereocenters. The van der Waals surface area contributed by atoms with Crippen molar-refractivity contribution in [1.82, 2.24) is 24.4 Å². The van der Waals surface area contributed by atoms with Crippen LogP contribution in [0.4, 0.5) is 5.82 Å². The van der Waals surface area contributed by atoms with Crippen LogP contribution in [-0.2, 0) is 11.3 Å². The average molecular weight is 466 g/mol. The first-order chi connectivity index (χ1) is 15.9. The number of hydrogen-bond acceptors (Lipinski definition) is 8. The van der Waals surface area contributed by atoms with Gasteiger partial charge in [-0.2, -0.15) is 5.10 Å². The smallest absolute Gasteiger partial charge is 0.231 e. The molecule has 0 spiro atoms. The first kappa shape index (κ1) is 21.6. The predicted octanol–water partition coefficient (Wildman–Crippen LogP) is 2.11. The van der Waals surface area contributed by atoms with E-state index in [2.05, 4.69) is 51.1 Å². The third-order valence-electron chi connectivity index (χ3n) is 6.10. The Morgan fingerprint density at radius 1 is 1.15 bits per heavy atom. The van der Waals surface area contributed by atoms with Gasteiger partial charge in [0, 0.05) is 43.2 Å². The summed E-state index contributed by atoms with van der Waals surface area (Å²) in [7, 11) is 1.70. The molecule has 4 aromatic rings. The quantitative estimate of drug-likeness (QED) is 0.448. The van der Waals surface area contributed by atoms with Gasteiger partial charge in [-0.15, -0.1) is 11.3 Å². The molecule has 1 fully saturated rings. The highest BCUT2D eigenvalue weighted by atomic mass is 32.1. The Bertz CT molecular complexity index is 1340. The molecule has 1 aliphatic rings. The molecule has 1 amide bonds. The fourth-order valence-corrected chi connectivity index (χ4v) is 5.69. The van der Waals surface area contributed by atoms with E-state index in [4.69, 9.17) is 16.2 Å². The second kappa shape index (κ2) is 8.62. The minimum atomic E-state index is -0.284. The van der Waals surface area contributed by atoms with E-state index in [-0.39, 0.29) is 5.91 Å². The fourth-order valence-electron chi connectivity index (χ4n) is 4.54. The third-order valence-corrected chi connectivity index (χ3v) is 7.30. The number of anilines is 1. The number of aryl methyl sites for hydroxylation is 1. The van der Waals surface area contributed by atoms with E-state index >= 15 is 0 Å². The number of carbonyl (C=O) groups is 1. The minimum absolute atomic E-state index is 0.284. The van der Waals surface area contributed by atoms with E-state index in [0.29, 0.717) is 12.4 Å². The maximum atomic E-state index is 11.2. The van der Waals surface area contributed by atoms with Crippen molar-refractivity contribution in [2.75, 3.05) is 45.6 Å². The first-order valence-electron chi connectivity index (χ1n) is 10.9. The number of nitrogens with zero attached hydrogens (tertiary/aromatic N) is 5. The molecule has 0 radical (unpaired) electrons. The summed E-state index contributed by atoms with van der Waals surface area (Å²) in [6.07, 6.45) is 1.50. The molecule has 0 aliphatic carbocycles. The van der Waals surface area contributed by atoms with Gasteiger partial charge in [-0.3, -0.25) is 14.6 Å². The summed E-state index contributed by atoms with van der Waals surface area (Å²) < 4.78 is 8.64. The number of thiophene rings is 1. The van der Waals surface area contributed by atoms with Crippen LogP contribution in [0.3, 0.4) is 0 Å². The SMILES string of the molecule is COc1cc(C)cc2cc(-c3cc(CN4CCN(CC(N)=O)CC4)n4ncnc(N)c34)sc12. The molecule has 1 saturated heterocycles. The number of amides is 1. The molecule has 0 saturated carbocycles. The highest BCUT2D eigenvalue weighted by molar-refractivity contribution is 7.22. The molecule has 1 aromatic carbocycles. The monoisotopic (exact) mass is 465 g/mol. The Morgan fingerprint density at radius 2 is 1.91 bits per heavy atom.